The first-order valence-corrected chi connectivity index (χ1v) is 9.26. The van der Waals surface area contributed by atoms with Gasteiger partial charge in [-0.15, -0.1) is 0 Å². The molecule has 1 saturated carbocycles. The minimum atomic E-state index is -3.75. The third kappa shape index (κ3) is 3.05. The van der Waals surface area contributed by atoms with Crippen LogP contribution in [0.1, 0.15) is 24.8 Å². The third-order valence-corrected chi connectivity index (χ3v) is 6.44. The van der Waals surface area contributed by atoms with Crippen molar-refractivity contribution < 1.29 is 8.42 Å². The number of benzene rings is 1. The number of nitrogens with one attached hydrogen (secondary N) is 1. The largest absolute Gasteiger partial charge is 0.399 e. The molecular weight excluding hydrogens is 294 g/mol. The molecule has 1 aliphatic carbocycles. The summed E-state index contributed by atoms with van der Waals surface area (Å²) in [6, 6.07) is 3.17. The second-order valence-corrected chi connectivity index (χ2v) is 8.13. The molecule has 112 valence electrons. The molecule has 1 aromatic rings. The van der Waals surface area contributed by atoms with Gasteiger partial charge in [-0.25, -0.2) is 13.6 Å². The van der Waals surface area contributed by atoms with Gasteiger partial charge < -0.3 is 11.1 Å². The number of hydrogen-bond acceptors (Lipinski definition) is 5. The summed E-state index contributed by atoms with van der Waals surface area (Å²) < 4.78 is 23.4. The molecule has 0 aromatic heterocycles. The van der Waals surface area contributed by atoms with Crippen molar-refractivity contribution in [1.82, 2.24) is 0 Å². The molecule has 1 aliphatic rings. The van der Waals surface area contributed by atoms with Gasteiger partial charge in [0, 0.05) is 22.7 Å². The number of anilines is 2. The van der Waals surface area contributed by atoms with Crippen molar-refractivity contribution in [1.29, 1.82) is 0 Å². The summed E-state index contributed by atoms with van der Waals surface area (Å²) >= 11 is 1.86. The van der Waals surface area contributed by atoms with Crippen LogP contribution in [0.15, 0.2) is 17.0 Å². The topological polar surface area (TPSA) is 98.2 Å². The molecule has 0 atom stereocenters. The normalized spacial score (nSPS) is 17.6. The van der Waals surface area contributed by atoms with Crippen molar-refractivity contribution in [3.63, 3.8) is 0 Å². The zero-order valence-corrected chi connectivity index (χ0v) is 13.4. The standard InChI is InChI=1S/C13H21N3O2S2/c1-9-11(16-8-13(19-2)4-3-5-13)6-10(14)7-12(9)20(15,17)18/h6-7,16H,3-5,8,14H2,1-2H3,(H2,15,17,18). The zero-order valence-electron chi connectivity index (χ0n) is 11.8. The predicted molar refractivity (Wildman–Crippen MR) is 85.6 cm³/mol. The van der Waals surface area contributed by atoms with E-state index in [1.165, 1.54) is 25.3 Å². The van der Waals surface area contributed by atoms with Gasteiger partial charge in [0.1, 0.15) is 0 Å². The van der Waals surface area contributed by atoms with E-state index in [0.717, 1.165) is 12.2 Å². The second-order valence-electron chi connectivity index (χ2n) is 5.33. The van der Waals surface area contributed by atoms with Gasteiger partial charge in [-0.2, -0.15) is 11.8 Å². The van der Waals surface area contributed by atoms with Crippen LogP contribution in [-0.4, -0.2) is 26.0 Å². The highest BCUT2D eigenvalue weighted by atomic mass is 32.2. The van der Waals surface area contributed by atoms with Gasteiger partial charge in [0.2, 0.25) is 10.0 Å². The zero-order chi connectivity index (χ0) is 15.0. The molecule has 2 rings (SSSR count). The summed E-state index contributed by atoms with van der Waals surface area (Å²) in [5.74, 6) is 0. The molecule has 1 aromatic carbocycles. The number of nitrogens with two attached hydrogens (primary N) is 2. The summed E-state index contributed by atoms with van der Waals surface area (Å²) in [5.41, 5.74) is 7.54. The van der Waals surface area contributed by atoms with Crippen LogP contribution in [-0.2, 0) is 10.0 Å². The number of primary sulfonamides is 1. The molecule has 0 radical (unpaired) electrons. The highest BCUT2D eigenvalue weighted by Crippen LogP contribution is 2.43. The average Bonchev–Trinajstić information content (AvgIpc) is 2.30. The number of rotatable bonds is 5. The Morgan fingerprint density at radius 2 is 2.05 bits per heavy atom. The van der Waals surface area contributed by atoms with Gasteiger partial charge in [0.15, 0.2) is 0 Å². The molecule has 5 nitrogen and oxygen atoms in total. The SMILES string of the molecule is CSC1(CNc2cc(N)cc(S(N)(=O)=O)c2C)CCC1. The molecule has 5 N–H and O–H groups in total. The van der Waals surface area contributed by atoms with E-state index in [1.54, 1.807) is 13.0 Å². The van der Waals surface area contributed by atoms with E-state index in [0.29, 0.717) is 11.3 Å². The van der Waals surface area contributed by atoms with Crippen LogP contribution < -0.4 is 16.2 Å². The molecule has 0 unspecified atom stereocenters. The van der Waals surface area contributed by atoms with E-state index in [-0.39, 0.29) is 9.64 Å². The van der Waals surface area contributed by atoms with Crippen molar-refractivity contribution in [3.8, 4) is 0 Å². The number of nitrogen functional groups attached to an aromatic ring is 1. The lowest BCUT2D eigenvalue weighted by molar-refractivity contribution is 0.380. The molecule has 0 aliphatic heterocycles. The van der Waals surface area contributed by atoms with Gasteiger partial charge in [-0.1, -0.05) is 6.42 Å². The van der Waals surface area contributed by atoms with Crippen molar-refractivity contribution in [2.75, 3.05) is 23.9 Å². The van der Waals surface area contributed by atoms with Crippen molar-refractivity contribution >= 4 is 33.2 Å². The lowest BCUT2D eigenvalue weighted by Gasteiger charge is -2.40. The minimum absolute atomic E-state index is 0.0896. The van der Waals surface area contributed by atoms with E-state index in [1.807, 2.05) is 11.8 Å². The molecule has 0 heterocycles. The van der Waals surface area contributed by atoms with Crippen molar-refractivity contribution in [3.05, 3.63) is 17.7 Å². The first kappa shape index (κ1) is 15.5. The van der Waals surface area contributed by atoms with Crippen LogP contribution in [0, 0.1) is 6.92 Å². The Bertz CT molecular complexity index is 605. The highest BCUT2D eigenvalue weighted by molar-refractivity contribution is 8.00. The quantitative estimate of drug-likeness (QED) is 0.721. The summed E-state index contributed by atoms with van der Waals surface area (Å²) in [4.78, 5) is 0.0896. The summed E-state index contributed by atoms with van der Waals surface area (Å²) in [5, 5.41) is 8.56. The smallest absolute Gasteiger partial charge is 0.238 e. The van der Waals surface area contributed by atoms with Gasteiger partial charge in [0.25, 0.3) is 0 Å². The first-order valence-electron chi connectivity index (χ1n) is 6.49. The molecule has 0 saturated heterocycles. The highest BCUT2D eigenvalue weighted by Gasteiger charge is 2.36. The molecule has 0 amide bonds. The molecule has 0 bridgehead atoms. The fourth-order valence-corrected chi connectivity index (χ4v) is 4.22. The Morgan fingerprint density at radius 1 is 1.40 bits per heavy atom. The van der Waals surface area contributed by atoms with Gasteiger partial charge in [0.05, 0.1) is 4.90 Å². The fourth-order valence-electron chi connectivity index (χ4n) is 2.47. The second kappa shape index (κ2) is 5.46. The van der Waals surface area contributed by atoms with Gasteiger partial charge >= 0.3 is 0 Å². The van der Waals surface area contributed by atoms with E-state index in [9.17, 15) is 8.42 Å². The Labute approximate surface area is 124 Å². The van der Waals surface area contributed by atoms with Crippen LogP contribution in [0.3, 0.4) is 0 Å². The van der Waals surface area contributed by atoms with E-state index < -0.39 is 10.0 Å². The Balaban J connectivity index is 2.26. The lowest BCUT2D eigenvalue weighted by Crippen LogP contribution is -2.40. The van der Waals surface area contributed by atoms with Crippen LogP contribution in [0.4, 0.5) is 11.4 Å². The minimum Gasteiger partial charge on any atom is -0.399 e. The summed E-state index contributed by atoms with van der Waals surface area (Å²) in [6.07, 6.45) is 5.73. The Hall–Kier alpha value is -0.920. The third-order valence-electron chi connectivity index (χ3n) is 3.99. The molecule has 1 fully saturated rings. The number of thioether (sulfide) groups is 1. The van der Waals surface area contributed by atoms with Crippen LogP contribution in [0.25, 0.3) is 0 Å². The van der Waals surface area contributed by atoms with E-state index in [4.69, 9.17) is 10.9 Å². The van der Waals surface area contributed by atoms with Crippen molar-refractivity contribution in [2.45, 2.75) is 35.8 Å². The van der Waals surface area contributed by atoms with E-state index >= 15 is 0 Å². The predicted octanol–water partition coefficient (Wildman–Crippen LogP) is 1.92. The molecule has 20 heavy (non-hydrogen) atoms. The van der Waals surface area contributed by atoms with Crippen LogP contribution in [0.2, 0.25) is 0 Å². The maximum absolute atomic E-state index is 11.6. The Kier molecular flexibility index (Phi) is 4.22. The van der Waals surface area contributed by atoms with Crippen LogP contribution in [0.5, 0.6) is 0 Å². The van der Waals surface area contributed by atoms with Gasteiger partial charge in [-0.05, 0) is 43.7 Å². The van der Waals surface area contributed by atoms with Crippen molar-refractivity contribution in [2.24, 2.45) is 5.14 Å². The average molecular weight is 315 g/mol. The fraction of sp³-hybridized carbons (Fsp3) is 0.538. The van der Waals surface area contributed by atoms with E-state index in [2.05, 4.69) is 11.6 Å². The summed E-state index contributed by atoms with van der Waals surface area (Å²) in [7, 11) is -3.75. The van der Waals surface area contributed by atoms with Crippen LogP contribution >= 0.6 is 11.8 Å². The number of sulfonamides is 1. The molecule has 7 heteroatoms. The maximum atomic E-state index is 11.6. The molecule has 0 spiro atoms. The van der Waals surface area contributed by atoms with Gasteiger partial charge in [-0.3, -0.25) is 0 Å². The first-order chi connectivity index (χ1) is 9.27. The lowest BCUT2D eigenvalue weighted by atomic mass is 9.84. The maximum Gasteiger partial charge on any atom is 0.238 e. The molecular formula is C13H21N3O2S2. The number of hydrogen-bond donors (Lipinski definition) is 3. The monoisotopic (exact) mass is 315 g/mol. The Morgan fingerprint density at radius 3 is 2.50 bits per heavy atom. The summed E-state index contributed by atoms with van der Waals surface area (Å²) in [6.45, 7) is 2.55.